The van der Waals surface area contributed by atoms with Crippen molar-refractivity contribution < 1.29 is 19.1 Å². The molecule has 6 heteroatoms. The van der Waals surface area contributed by atoms with E-state index in [9.17, 15) is 9.59 Å². The van der Waals surface area contributed by atoms with Crippen molar-refractivity contribution in [2.24, 2.45) is 5.92 Å². The first-order valence-corrected chi connectivity index (χ1v) is 8.11. The van der Waals surface area contributed by atoms with Crippen molar-refractivity contribution in [3.63, 3.8) is 0 Å². The Labute approximate surface area is 130 Å². The summed E-state index contributed by atoms with van der Waals surface area (Å²) in [7, 11) is 1.33. The van der Waals surface area contributed by atoms with Crippen molar-refractivity contribution in [1.29, 1.82) is 0 Å². The molecule has 1 aliphatic rings. The first-order valence-electron chi connectivity index (χ1n) is 6.95. The van der Waals surface area contributed by atoms with E-state index in [1.807, 2.05) is 13.8 Å². The molecule has 0 fully saturated rings. The van der Waals surface area contributed by atoms with Gasteiger partial charge in [0, 0.05) is 23.1 Å². The second-order valence-corrected chi connectivity index (χ2v) is 6.14. The number of carbonyl (C=O) groups excluding carboxylic acids is 2. The highest BCUT2D eigenvalue weighted by molar-refractivity contribution is 7.99. The molecule has 118 valence electrons. The van der Waals surface area contributed by atoms with Crippen LogP contribution in [0.3, 0.4) is 0 Å². The van der Waals surface area contributed by atoms with E-state index in [0.717, 1.165) is 17.2 Å². The standard InChI is InChI=1S/C15H23NO4S/c1-6-21-8-7-20-15(18)13-9(2)12(14(17)19-5)10(3)16-11(13)4/h9,16H,6-8H2,1-5H3. The van der Waals surface area contributed by atoms with Crippen LogP contribution in [0.2, 0.25) is 0 Å². The van der Waals surface area contributed by atoms with Gasteiger partial charge >= 0.3 is 11.9 Å². The SMILES string of the molecule is CCSCCOC(=O)C1=C(C)NC(C)=C(C(=O)OC)C1C. The number of dihydropyridines is 1. The summed E-state index contributed by atoms with van der Waals surface area (Å²) in [5.74, 6) is 0.621. The lowest BCUT2D eigenvalue weighted by Gasteiger charge is -2.27. The summed E-state index contributed by atoms with van der Waals surface area (Å²) in [6, 6.07) is 0. The lowest BCUT2D eigenvalue weighted by molar-refractivity contribution is -0.139. The highest BCUT2D eigenvalue weighted by Crippen LogP contribution is 2.30. The van der Waals surface area contributed by atoms with Crippen LogP contribution in [-0.2, 0) is 19.1 Å². The smallest absolute Gasteiger partial charge is 0.336 e. The summed E-state index contributed by atoms with van der Waals surface area (Å²) < 4.78 is 10.1. The van der Waals surface area contributed by atoms with Gasteiger partial charge in [-0.1, -0.05) is 13.8 Å². The van der Waals surface area contributed by atoms with Crippen LogP contribution in [0, 0.1) is 5.92 Å². The average molecular weight is 313 g/mol. The molecule has 1 atom stereocenters. The number of esters is 2. The van der Waals surface area contributed by atoms with Crippen molar-refractivity contribution in [2.45, 2.75) is 27.7 Å². The second kappa shape index (κ2) is 8.12. The van der Waals surface area contributed by atoms with Crippen LogP contribution in [0.25, 0.3) is 0 Å². The number of methoxy groups -OCH3 is 1. The molecule has 1 heterocycles. The van der Waals surface area contributed by atoms with E-state index in [0.29, 0.717) is 23.5 Å². The Balaban J connectivity index is 2.84. The molecule has 0 radical (unpaired) electrons. The highest BCUT2D eigenvalue weighted by atomic mass is 32.2. The zero-order valence-corrected chi connectivity index (χ0v) is 14.1. The molecular formula is C15H23NO4S. The number of hydrogen-bond acceptors (Lipinski definition) is 6. The van der Waals surface area contributed by atoms with Crippen molar-refractivity contribution in [2.75, 3.05) is 25.2 Å². The number of nitrogens with one attached hydrogen (secondary N) is 1. The summed E-state index contributed by atoms with van der Waals surface area (Å²) >= 11 is 1.72. The molecule has 1 rings (SSSR count). The molecule has 0 aromatic heterocycles. The molecule has 0 bridgehead atoms. The molecule has 1 aliphatic heterocycles. The molecule has 5 nitrogen and oxygen atoms in total. The monoisotopic (exact) mass is 313 g/mol. The summed E-state index contributed by atoms with van der Waals surface area (Å²) in [5.41, 5.74) is 2.39. The molecule has 0 spiro atoms. The van der Waals surface area contributed by atoms with E-state index >= 15 is 0 Å². The van der Waals surface area contributed by atoms with E-state index in [2.05, 4.69) is 12.2 Å². The van der Waals surface area contributed by atoms with Crippen LogP contribution in [0.5, 0.6) is 0 Å². The van der Waals surface area contributed by atoms with Gasteiger partial charge in [0.1, 0.15) is 6.61 Å². The maximum atomic E-state index is 12.2. The largest absolute Gasteiger partial charge is 0.466 e. The highest BCUT2D eigenvalue weighted by Gasteiger charge is 2.33. The minimum atomic E-state index is -0.424. The van der Waals surface area contributed by atoms with Crippen LogP contribution in [-0.4, -0.2) is 37.2 Å². The predicted octanol–water partition coefficient (Wildman–Crippen LogP) is 2.24. The van der Waals surface area contributed by atoms with Gasteiger partial charge < -0.3 is 14.8 Å². The van der Waals surface area contributed by atoms with Crippen LogP contribution < -0.4 is 5.32 Å². The fourth-order valence-corrected chi connectivity index (χ4v) is 2.88. The first-order chi connectivity index (χ1) is 9.93. The Bertz CT molecular complexity index is 482. The minimum absolute atomic E-state index is 0.343. The van der Waals surface area contributed by atoms with Gasteiger partial charge in [0.2, 0.25) is 0 Å². The summed E-state index contributed by atoms with van der Waals surface area (Å²) in [5, 5.41) is 3.06. The Morgan fingerprint density at radius 1 is 1.19 bits per heavy atom. The Hall–Kier alpha value is -1.43. The van der Waals surface area contributed by atoms with E-state index in [-0.39, 0.29) is 11.9 Å². The van der Waals surface area contributed by atoms with Crippen molar-refractivity contribution in [3.8, 4) is 0 Å². The third-order valence-corrected chi connectivity index (χ3v) is 4.20. The predicted molar refractivity (Wildman–Crippen MR) is 83.7 cm³/mol. The van der Waals surface area contributed by atoms with Gasteiger partial charge in [-0.25, -0.2) is 9.59 Å². The number of allylic oxidation sites excluding steroid dienone is 2. The molecule has 0 saturated heterocycles. The van der Waals surface area contributed by atoms with E-state index < -0.39 is 5.97 Å². The Kier molecular flexibility index (Phi) is 6.81. The van der Waals surface area contributed by atoms with Crippen molar-refractivity contribution >= 4 is 23.7 Å². The zero-order chi connectivity index (χ0) is 16.0. The number of carbonyl (C=O) groups is 2. The maximum Gasteiger partial charge on any atom is 0.336 e. The fourth-order valence-electron chi connectivity index (χ4n) is 2.39. The molecule has 0 amide bonds. The summed E-state index contributed by atoms with van der Waals surface area (Å²) in [4.78, 5) is 24.1. The first kappa shape index (κ1) is 17.6. The fraction of sp³-hybridized carbons (Fsp3) is 0.600. The van der Waals surface area contributed by atoms with Crippen molar-refractivity contribution in [3.05, 3.63) is 22.5 Å². The number of rotatable bonds is 6. The van der Waals surface area contributed by atoms with Crippen LogP contribution in [0.4, 0.5) is 0 Å². The van der Waals surface area contributed by atoms with Gasteiger partial charge in [-0.3, -0.25) is 0 Å². The molecule has 1 N–H and O–H groups in total. The Morgan fingerprint density at radius 2 is 1.76 bits per heavy atom. The molecule has 0 saturated carbocycles. The van der Waals surface area contributed by atoms with E-state index in [1.165, 1.54) is 7.11 Å². The van der Waals surface area contributed by atoms with Gasteiger partial charge in [0.05, 0.1) is 18.3 Å². The van der Waals surface area contributed by atoms with Gasteiger partial charge in [0.15, 0.2) is 0 Å². The number of thioether (sulfide) groups is 1. The molecule has 21 heavy (non-hydrogen) atoms. The summed E-state index contributed by atoms with van der Waals surface area (Å²) in [6.45, 7) is 7.86. The molecule has 0 aromatic carbocycles. The summed E-state index contributed by atoms with van der Waals surface area (Å²) in [6.07, 6.45) is 0. The van der Waals surface area contributed by atoms with E-state index in [4.69, 9.17) is 9.47 Å². The Morgan fingerprint density at radius 3 is 2.29 bits per heavy atom. The van der Waals surface area contributed by atoms with Gasteiger partial charge in [-0.05, 0) is 19.6 Å². The molecular weight excluding hydrogens is 290 g/mol. The second-order valence-electron chi connectivity index (χ2n) is 4.75. The normalized spacial score (nSPS) is 18.4. The maximum absolute atomic E-state index is 12.2. The molecule has 1 unspecified atom stereocenters. The lowest BCUT2D eigenvalue weighted by Crippen LogP contribution is -2.32. The van der Waals surface area contributed by atoms with Gasteiger partial charge in [-0.15, -0.1) is 0 Å². The van der Waals surface area contributed by atoms with E-state index in [1.54, 1.807) is 18.7 Å². The quantitative estimate of drug-likeness (QED) is 0.599. The third-order valence-electron chi connectivity index (χ3n) is 3.34. The van der Waals surface area contributed by atoms with Crippen LogP contribution in [0.15, 0.2) is 22.5 Å². The third kappa shape index (κ3) is 4.27. The van der Waals surface area contributed by atoms with Crippen LogP contribution >= 0.6 is 11.8 Å². The molecule has 0 aromatic rings. The number of ether oxygens (including phenoxy) is 2. The topological polar surface area (TPSA) is 64.6 Å². The van der Waals surface area contributed by atoms with Crippen LogP contribution in [0.1, 0.15) is 27.7 Å². The minimum Gasteiger partial charge on any atom is -0.466 e. The number of hydrogen-bond donors (Lipinski definition) is 1. The van der Waals surface area contributed by atoms with Crippen molar-refractivity contribution in [1.82, 2.24) is 5.32 Å². The zero-order valence-electron chi connectivity index (χ0n) is 13.2. The average Bonchev–Trinajstić information content (AvgIpc) is 2.42. The lowest BCUT2D eigenvalue weighted by atomic mass is 9.87. The van der Waals surface area contributed by atoms with Gasteiger partial charge in [-0.2, -0.15) is 11.8 Å². The van der Waals surface area contributed by atoms with Gasteiger partial charge in [0.25, 0.3) is 0 Å². The molecule has 0 aliphatic carbocycles.